The largest absolute Gasteiger partial charge is 0.619 e. The maximum absolute atomic E-state index is 12.3. The van der Waals surface area contributed by atoms with Gasteiger partial charge in [-0.1, -0.05) is 0 Å². The zero-order valence-electron chi connectivity index (χ0n) is 11.5. The van der Waals surface area contributed by atoms with Gasteiger partial charge < -0.3 is 20.0 Å². The molecule has 2 rings (SSSR count). The summed E-state index contributed by atoms with van der Waals surface area (Å²) in [4.78, 5) is 12.0. The minimum atomic E-state index is -3.01. The van der Waals surface area contributed by atoms with Crippen molar-refractivity contribution < 1.29 is 27.8 Å². The molecule has 0 atom stereocenters. The van der Waals surface area contributed by atoms with Gasteiger partial charge in [0, 0.05) is 23.9 Å². The van der Waals surface area contributed by atoms with E-state index in [1.165, 1.54) is 49.8 Å². The van der Waals surface area contributed by atoms with E-state index in [1.54, 1.807) is 0 Å². The van der Waals surface area contributed by atoms with Gasteiger partial charge in [0.1, 0.15) is 0 Å². The Morgan fingerprint density at radius 1 is 1.23 bits per heavy atom. The Morgan fingerprint density at radius 3 is 2.50 bits per heavy atom. The molecule has 0 aliphatic carbocycles. The van der Waals surface area contributed by atoms with E-state index in [0.29, 0.717) is 4.73 Å². The first-order valence-electron chi connectivity index (χ1n) is 6.12. The second-order valence-electron chi connectivity index (χ2n) is 4.14. The van der Waals surface area contributed by atoms with Gasteiger partial charge in [-0.25, -0.2) is 0 Å². The third kappa shape index (κ3) is 3.81. The number of nitrogens with one attached hydrogen (secondary N) is 1. The summed E-state index contributed by atoms with van der Waals surface area (Å²) in [7, 11) is 1.31. The Morgan fingerprint density at radius 2 is 1.91 bits per heavy atom. The molecule has 0 fully saturated rings. The van der Waals surface area contributed by atoms with Crippen LogP contribution in [0.3, 0.4) is 0 Å². The first kappa shape index (κ1) is 15.5. The molecule has 0 spiro atoms. The van der Waals surface area contributed by atoms with E-state index in [-0.39, 0.29) is 22.7 Å². The lowest BCUT2D eigenvalue weighted by Crippen LogP contribution is -2.25. The molecular weight excluding hydrogens is 298 g/mol. The second-order valence-corrected chi connectivity index (χ2v) is 4.14. The molecule has 0 aliphatic heterocycles. The van der Waals surface area contributed by atoms with Crippen LogP contribution in [0.2, 0.25) is 0 Å². The zero-order valence-corrected chi connectivity index (χ0v) is 11.5. The molecule has 0 unspecified atom stereocenters. The minimum absolute atomic E-state index is 0.116. The molecule has 6 nitrogen and oxygen atoms in total. The molecule has 0 saturated carbocycles. The van der Waals surface area contributed by atoms with Crippen molar-refractivity contribution in [1.82, 2.24) is 0 Å². The molecular formula is C14H12F2N2O4. The van der Waals surface area contributed by atoms with Gasteiger partial charge in [-0.3, -0.25) is 4.79 Å². The van der Waals surface area contributed by atoms with Crippen molar-refractivity contribution in [3.63, 3.8) is 0 Å². The van der Waals surface area contributed by atoms with Gasteiger partial charge in [-0.15, -0.1) is 0 Å². The molecule has 116 valence electrons. The monoisotopic (exact) mass is 310 g/mol. The molecule has 0 bridgehead atoms. The lowest BCUT2D eigenvalue weighted by Gasteiger charge is -2.12. The Labute approximate surface area is 124 Å². The van der Waals surface area contributed by atoms with Crippen LogP contribution >= 0.6 is 0 Å². The molecule has 1 amide bonds. The van der Waals surface area contributed by atoms with E-state index in [0.717, 1.165) is 0 Å². The average molecular weight is 310 g/mol. The number of ether oxygens (including phenoxy) is 2. The summed E-state index contributed by atoms with van der Waals surface area (Å²) in [6.07, 6.45) is 2.35. The lowest BCUT2D eigenvalue weighted by atomic mass is 10.2. The van der Waals surface area contributed by atoms with Crippen LogP contribution in [-0.2, 0) is 0 Å². The van der Waals surface area contributed by atoms with Gasteiger partial charge in [0.25, 0.3) is 5.91 Å². The SMILES string of the molecule is COc1ccc(NC(=O)c2cc[n+]([O-])cc2)cc1OC(F)F. The predicted molar refractivity (Wildman–Crippen MR) is 73.0 cm³/mol. The van der Waals surface area contributed by atoms with Crippen LogP contribution in [0.4, 0.5) is 14.5 Å². The van der Waals surface area contributed by atoms with Crippen molar-refractivity contribution in [3.8, 4) is 11.5 Å². The number of amides is 1. The van der Waals surface area contributed by atoms with Crippen LogP contribution in [0.25, 0.3) is 0 Å². The van der Waals surface area contributed by atoms with Crippen LogP contribution in [0.1, 0.15) is 10.4 Å². The predicted octanol–water partition coefficient (Wildman–Crippen LogP) is 2.18. The number of rotatable bonds is 5. The lowest BCUT2D eigenvalue weighted by molar-refractivity contribution is -0.605. The Kier molecular flexibility index (Phi) is 4.72. The molecule has 0 radical (unpaired) electrons. The van der Waals surface area contributed by atoms with Crippen LogP contribution in [0.15, 0.2) is 42.7 Å². The molecule has 1 N–H and O–H groups in total. The van der Waals surface area contributed by atoms with Crippen LogP contribution < -0.4 is 19.5 Å². The second kappa shape index (κ2) is 6.70. The Hall–Kier alpha value is -2.90. The zero-order chi connectivity index (χ0) is 16.1. The fourth-order valence-electron chi connectivity index (χ4n) is 1.71. The first-order valence-corrected chi connectivity index (χ1v) is 6.12. The highest BCUT2D eigenvalue weighted by molar-refractivity contribution is 6.04. The number of pyridine rings is 1. The van der Waals surface area contributed by atoms with Gasteiger partial charge in [0.05, 0.1) is 12.7 Å². The molecule has 22 heavy (non-hydrogen) atoms. The van der Waals surface area contributed by atoms with E-state index < -0.39 is 12.5 Å². The van der Waals surface area contributed by atoms with Crippen LogP contribution in [0.5, 0.6) is 11.5 Å². The van der Waals surface area contributed by atoms with E-state index in [2.05, 4.69) is 10.1 Å². The summed E-state index contributed by atoms with van der Waals surface area (Å²) < 4.78 is 34.4. The fraction of sp³-hybridized carbons (Fsp3) is 0.143. The number of aromatic nitrogens is 1. The van der Waals surface area contributed by atoms with Crippen molar-refractivity contribution >= 4 is 11.6 Å². The summed E-state index contributed by atoms with van der Waals surface area (Å²) >= 11 is 0. The first-order chi connectivity index (χ1) is 10.5. The number of carbonyl (C=O) groups is 1. The van der Waals surface area contributed by atoms with Crippen molar-refractivity contribution in [2.45, 2.75) is 6.61 Å². The van der Waals surface area contributed by atoms with Crippen molar-refractivity contribution in [2.75, 3.05) is 12.4 Å². The van der Waals surface area contributed by atoms with Crippen molar-refractivity contribution in [3.05, 3.63) is 53.5 Å². The van der Waals surface area contributed by atoms with Crippen LogP contribution in [0, 0.1) is 5.21 Å². The minimum Gasteiger partial charge on any atom is -0.619 e. The van der Waals surface area contributed by atoms with Crippen molar-refractivity contribution in [2.24, 2.45) is 0 Å². The summed E-state index contributed by atoms with van der Waals surface area (Å²) in [5.74, 6) is -0.570. The number of benzene rings is 1. The normalized spacial score (nSPS) is 10.4. The molecule has 1 aromatic heterocycles. The number of carbonyl (C=O) groups excluding carboxylic acids is 1. The summed E-state index contributed by atoms with van der Waals surface area (Å²) in [6, 6.07) is 6.76. The number of hydrogen-bond donors (Lipinski definition) is 1. The smallest absolute Gasteiger partial charge is 0.387 e. The number of anilines is 1. The van der Waals surface area contributed by atoms with E-state index in [1.807, 2.05) is 0 Å². The van der Waals surface area contributed by atoms with Gasteiger partial charge in [0.2, 0.25) is 0 Å². The average Bonchev–Trinajstić information content (AvgIpc) is 2.47. The summed E-state index contributed by atoms with van der Waals surface area (Å²) in [5.41, 5.74) is 0.500. The van der Waals surface area contributed by atoms with E-state index in [9.17, 15) is 18.8 Å². The molecule has 2 aromatic rings. The molecule has 1 aromatic carbocycles. The van der Waals surface area contributed by atoms with Crippen LogP contribution in [-0.4, -0.2) is 19.6 Å². The van der Waals surface area contributed by atoms with Gasteiger partial charge in [-0.2, -0.15) is 13.5 Å². The number of halogens is 2. The maximum Gasteiger partial charge on any atom is 0.387 e. The van der Waals surface area contributed by atoms with Gasteiger partial charge >= 0.3 is 6.61 Å². The number of nitrogens with zero attached hydrogens (tertiary/aromatic N) is 1. The molecule has 1 heterocycles. The summed E-state index contributed by atoms with van der Waals surface area (Å²) in [5, 5.41) is 13.4. The number of methoxy groups -OCH3 is 1. The Bertz CT molecular complexity index is 662. The molecule has 8 heteroatoms. The third-order valence-corrected chi connectivity index (χ3v) is 2.70. The van der Waals surface area contributed by atoms with Crippen molar-refractivity contribution in [1.29, 1.82) is 0 Å². The highest BCUT2D eigenvalue weighted by Crippen LogP contribution is 2.31. The molecule has 0 aliphatic rings. The fourth-order valence-corrected chi connectivity index (χ4v) is 1.71. The van der Waals surface area contributed by atoms with E-state index in [4.69, 9.17) is 4.74 Å². The standard InChI is InChI=1S/C14H12F2N2O4/c1-21-11-3-2-10(8-12(11)22-14(15)16)17-13(19)9-4-6-18(20)7-5-9/h2-8,14H,1H3,(H,17,19). The summed E-state index contributed by atoms with van der Waals surface area (Å²) in [6.45, 7) is -3.01. The van der Waals surface area contributed by atoms with Gasteiger partial charge in [0.15, 0.2) is 23.9 Å². The molecule has 0 saturated heterocycles. The maximum atomic E-state index is 12.3. The highest BCUT2D eigenvalue weighted by atomic mass is 19.3. The number of alkyl halides is 2. The Balaban J connectivity index is 2.18. The third-order valence-electron chi connectivity index (χ3n) is 2.70. The quantitative estimate of drug-likeness (QED) is 0.678. The van der Waals surface area contributed by atoms with Gasteiger partial charge in [-0.05, 0) is 12.1 Å². The highest BCUT2D eigenvalue weighted by Gasteiger charge is 2.13. The van der Waals surface area contributed by atoms with E-state index >= 15 is 0 Å². The number of hydrogen-bond acceptors (Lipinski definition) is 4. The topological polar surface area (TPSA) is 74.5 Å².